The van der Waals surface area contributed by atoms with Crippen molar-refractivity contribution >= 4 is 11.4 Å². The van der Waals surface area contributed by atoms with E-state index in [1.807, 2.05) is 7.05 Å². The van der Waals surface area contributed by atoms with Gasteiger partial charge in [-0.25, -0.2) is 0 Å². The molecule has 1 spiro atoms. The molecular formula is C14H20N2O2. The SMILES string of the molecule is CNc1ccc(N2CCC3(CC2)OCCO3)cc1. The highest BCUT2D eigenvalue weighted by Gasteiger charge is 2.39. The lowest BCUT2D eigenvalue weighted by Gasteiger charge is -2.38. The second kappa shape index (κ2) is 4.78. The summed E-state index contributed by atoms with van der Waals surface area (Å²) in [5, 5.41) is 3.14. The zero-order valence-corrected chi connectivity index (χ0v) is 10.8. The largest absolute Gasteiger partial charge is 0.388 e. The smallest absolute Gasteiger partial charge is 0.171 e. The Hall–Kier alpha value is -1.26. The fourth-order valence-electron chi connectivity index (χ4n) is 2.73. The first-order valence-corrected chi connectivity index (χ1v) is 6.62. The molecule has 2 aliphatic rings. The molecule has 1 aromatic rings. The lowest BCUT2D eigenvalue weighted by atomic mass is 10.0. The number of benzene rings is 1. The molecule has 1 aromatic carbocycles. The lowest BCUT2D eigenvalue weighted by molar-refractivity contribution is -0.169. The van der Waals surface area contributed by atoms with Gasteiger partial charge in [-0.3, -0.25) is 0 Å². The van der Waals surface area contributed by atoms with E-state index in [1.54, 1.807) is 0 Å². The van der Waals surface area contributed by atoms with Gasteiger partial charge in [0.2, 0.25) is 0 Å². The Balaban J connectivity index is 1.64. The van der Waals surface area contributed by atoms with Crippen LogP contribution in [0.5, 0.6) is 0 Å². The molecule has 0 radical (unpaired) electrons. The van der Waals surface area contributed by atoms with Crippen LogP contribution in [-0.4, -0.2) is 39.1 Å². The first-order valence-electron chi connectivity index (χ1n) is 6.62. The number of piperidine rings is 1. The maximum Gasteiger partial charge on any atom is 0.171 e. The number of nitrogens with zero attached hydrogens (tertiary/aromatic N) is 1. The maximum absolute atomic E-state index is 5.74. The molecule has 2 heterocycles. The average molecular weight is 248 g/mol. The van der Waals surface area contributed by atoms with E-state index in [0.717, 1.165) is 44.8 Å². The molecule has 2 aliphatic heterocycles. The van der Waals surface area contributed by atoms with Crippen LogP contribution in [-0.2, 0) is 9.47 Å². The molecule has 18 heavy (non-hydrogen) atoms. The van der Waals surface area contributed by atoms with Crippen LogP contribution in [0.25, 0.3) is 0 Å². The summed E-state index contributed by atoms with van der Waals surface area (Å²) in [4.78, 5) is 2.40. The van der Waals surface area contributed by atoms with E-state index in [2.05, 4.69) is 34.5 Å². The minimum atomic E-state index is -0.276. The topological polar surface area (TPSA) is 33.7 Å². The van der Waals surface area contributed by atoms with Crippen molar-refractivity contribution in [1.82, 2.24) is 0 Å². The summed E-state index contributed by atoms with van der Waals surface area (Å²) in [5.74, 6) is -0.276. The van der Waals surface area contributed by atoms with Gasteiger partial charge in [0.25, 0.3) is 0 Å². The summed E-state index contributed by atoms with van der Waals surface area (Å²) in [6.07, 6.45) is 1.92. The number of hydrogen-bond acceptors (Lipinski definition) is 4. The fraction of sp³-hybridized carbons (Fsp3) is 0.571. The van der Waals surface area contributed by atoms with Crippen LogP contribution in [0.3, 0.4) is 0 Å². The quantitative estimate of drug-likeness (QED) is 0.868. The molecule has 0 aromatic heterocycles. The van der Waals surface area contributed by atoms with Gasteiger partial charge in [-0.1, -0.05) is 0 Å². The van der Waals surface area contributed by atoms with Crippen molar-refractivity contribution in [1.29, 1.82) is 0 Å². The average Bonchev–Trinajstić information content (AvgIpc) is 2.88. The monoisotopic (exact) mass is 248 g/mol. The molecule has 98 valence electrons. The van der Waals surface area contributed by atoms with Gasteiger partial charge in [0.05, 0.1) is 13.2 Å². The third-order valence-electron chi connectivity index (χ3n) is 3.86. The standard InChI is InChI=1S/C14H20N2O2/c1-15-12-2-4-13(5-3-12)16-8-6-14(7-9-16)17-10-11-18-14/h2-5,15H,6-11H2,1H3. The Morgan fingerprint density at radius 2 is 1.67 bits per heavy atom. The van der Waals surface area contributed by atoms with Crippen LogP contribution in [0.15, 0.2) is 24.3 Å². The van der Waals surface area contributed by atoms with Crippen LogP contribution in [0.1, 0.15) is 12.8 Å². The third kappa shape index (κ3) is 2.18. The first kappa shape index (κ1) is 11.8. The zero-order chi connectivity index (χ0) is 12.4. The predicted molar refractivity (Wildman–Crippen MR) is 72.1 cm³/mol. The Bertz CT molecular complexity index is 389. The van der Waals surface area contributed by atoms with Crippen LogP contribution in [0.4, 0.5) is 11.4 Å². The van der Waals surface area contributed by atoms with Gasteiger partial charge in [-0.05, 0) is 24.3 Å². The summed E-state index contributed by atoms with van der Waals surface area (Å²) < 4.78 is 11.5. The number of ether oxygens (including phenoxy) is 2. The maximum atomic E-state index is 5.74. The van der Waals surface area contributed by atoms with Gasteiger partial charge in [0.15, 0.2) is 5.79 Å². The van der Waals surface area contributed by atoms with Crippen LogP contribution >= 0.6 is 0 Å². The number of hydrogen-bond donors (Lipinski definition) is 1. The summed E-state index contributed by atoms with van der Waals surface area (Å²) >= 11 is 0. The Morgan fingerprint density at radius 3 is 2.22 bits per heavy atom. The van der Waals surface area contributed by atoms with E-state index in [9.17, 15) is 0 Å². The molecule has 3 rings (SSSR count). The van der Waals surface area contributed by atoms with Crippen molar-refractivity contribution in [3.05, 3.63) is 24.3 Å². The summed E-state index contributed by atoms with van der Waals surface area (Å²) in [6.45, 7) is 3.49. The minimum absolute atomic E-state index is 0.276. The fourth-order valence-corrected chi connectivity index (χ4v) is 2.73. The normalized spacial score (nSPS) is 22.4. The van der Waals surface area contributed by atoms with E-state index >= 15 is 0 Å². The Labute approximate surface area is 108 Å². The molecule has 4 heteroatoms. The zero-order valence-electron chi connectivity index (χ0n) is 10.8. The molecule has 0 atom stereocenters. The Kier molecular flexibility index (Phi) is 3.14. The van der Waals surface area contributed by atoms with Crippen molar-refractivity contribution in [3.63, 3.8) is 0 Å². The van der Waals surface area contributed by atoms with Crippen LogP contribution < -0.4 is 10.2 Å². The number of rotatable bonds is 2. The lowest BCUT2D eigenvalue weighted by Crippen LogP contribution is -2.45. The molecule has 0 unspecified atom stereocenters. The second-order valence-electron chi connectivity index (χ2n) is 4.89. The molecule has 4 nitrogen and oxygen atoms in total. The Morgan fingerprint density at radius 1 is 1.06 bits per heavy atom. The van der Waals surface area contributed by atoms with Crippen molar-refractivity contribution in [2.75, 3.05) is 43.6 Å². The third-order valence-corrected chi connectivity index (χ3v) is 3.86. The molecule has 0 aliphatic carbocycles. The first-order chi connectivity index (χ1) is 8.81. The van der Waals surface area contributed by atoms with Gasteiger partial charge in [-0.15, -0.1) is 0 Å². The van der Waals surface area contributed by atoms with Gasteiger partial charge in [0.1, 0.15) is 0 Å². The van der Waals surface area contributed by atoms with Crippen molar-refractivity contribution in [3.8, 4) is 0 Å². The van der Waals surface area contributed by atoms with Gasteiger partial charge >= 0.3 is 0 Å². The number of nitrogens with one attached hydrogen (secondary N) is 1. The predicted octanol–water partition coefficient (Wildman–Crippen LogP) is 2.07. The highest BCUT2D eigenvalue weighted by atomic mass is 16.7. The molecular weight excluding hydrogens is 228 g/mol. The molecule has 2 fully saturated rings. The van der Waals surface area contributed by atoms with E-state index < -0.39 is 0 Å². The molecule has 1 N–H and O–H groups in total. The molecule has 0 bridgehead atoms. The van der Waals surface area contributed by atoms with E-state index in [-0.39, 0.29) is 5.79 Å². The summed E-state index contributed by atoms with van der Waals surface area (Å²) in [5.41, 5.74) is 2.43. The van der Waals surface area contributed by atoms with E-state index in [1.165, 1.54) is 5.69 Å². The molecule has 0 amide bonds. The van der Waals surface area contributed by atoms with E-state index in [0.29, 0.717) is 0 Å². The van der Waals surface area contributed by atoms with Crippen molar-refractivity contribution in [2.24, 2.45) is 0 Å². The van der Waals surface area contributed by atoms with Crippen molar-refractivity contribution in [2.45, 2.75) is 18.6 Å². The second-order valence-corrected chi connectivity index (χ2v) is 4.89. The van der Waals surface area contributed by atoms with Gasteiger partial charge in [0, 0.05) is 44.4 Å². The highest BCUT2D eigenvalue weighted by molar-refractivity contribution is 5.55. The molecule has 0 saturated carbocycles. The minimum Gasteiger partial charge on any atom is -0.388 e. The van der Waals surface area contributed by atoms with E-state index in [4.69, 9.17) is 9.47 Å². The van der Waals surface area contributed by atoms with Gasteiger partial charge in [-0.2, -0.15) is 0 Å². The summed E-state index contributed by atoms with van der Waals surface area (Å²) in [6, 6.07) is 8.56. The van der Waals surface area contributed by atoms with Crippen LogP contribution in [0.2, 0.25) is 0 Å². The van der Waals surface area contributed by atoms with Gasteiger partial charge < -0.3 is 19.7 Å². The number of anilines is 2. The van der Waals surface area contributed by atoms with Crippen LogP contribution in [0, 0.1) is 0 Å². The van der Waals surface area contributed by atoms with Crippen molar-refractivity contribution < 1.29 is 9.47 Å². The summed E-state index contributed by atoms with van der Waals surface area (Å²) in [7, 11) is 1.94. The molecule has 2 saturated heterocycles. The highest BCUT2D eigenvalue weighted by Crippen LogP contribution is 2.33.